The average Bonchev–Trinajstić information content (AvgIpc) is 2.65. The van der Waals surface area contributed by atoms with E-state index in [-0.39, 0.29) is 5.12 Å². The van der Waals surface area contributed by atoms with Crippen LogP contribution in [0.4, 0.5) is 5.13 Å². The summed E-state index contributed by atoms with van der Waals surface area (Å²) in [5, 5.41) is 0.713. The van der Waals surface area contributed by atoms with E-state index in [1.165, 1.54) is 23.1 Å². The van der Waals surface area contributed by atoms with Crippen molar-refractivity contribution in [3.8, 4) is 0 Å². The Kier molecular flexibility index (Phi) is 3.81. The summed E-state index contributed by atoms with van der Waals surface area (Å²) >= 11 is 2.78. The van der Waals surface area contributed by atoms with Crippen LogP contribution in [0.1, 0.15) is 12.5 Å². The number of benzene rings is 1. The number of thiazole rings is 1. The van der Waals surface area contributed by atoms with Gasteiger partial charge in [0.05, 0.1) is 10.2 Å². The van der Waals surface area contributed by atoms with E-state index in [1.54, 1.807) is 6.92 Å². The molecule has 0 amide bonds. The van der Waals surface area contributed by atoms with Crippen molar-refractivity contribution >= 4 is 49.6 Å². The number of fused-ring (bicyclic) bond motifs is 1. The number of hydrogen-bond donors (Lipinski definition) is 1. The highest BCUT2D eigenvalue weighted by molar-refractivity contribution is 8.13. The number of nitrogen functional groups attached to an aromatic ring is 1. The van der Waals surface area contributed by atoms with Crippen LogP contribution in [0.2, 0.25) is 0 Å². The Morgan fingerprint density at radius 1 is 1.59 bits per heavy atom. The normalized spacial score (nSPS) is 11.4. The zero-order valence-corrected chi connectivity index (χ0v) is 11.0. The van der Waals surface area contributed by atoms with Gasteiger partial charge in [0.2, 0.25) is 0 Å². The van der Waals surface area contributed by atoms with Crippen LogP contribution in [-0.2, 0) is 4.79 Å². The van der Waals surface area contributed by atoms with Crippen molar-refractivity contribution in [3.63, 3.8) is 0 Å². The van der Waals surface area contributed by atoms with Crippen LogP contribution in [0, 0.1) is 0 Å². The van der Waals surface area contributed by atoms with Crippen molar-refractivity contribution < 1.29 is 4.79 Å². The molecule has 0 bridgehead atoms. The fraction of sp³-hybridized carbons (Fsp3) is 0.167. The molecule has 88 valence electrons. The molecule has 0 aliphatic heterocycles. The second-order valence-corrected chi connectivity index (χ2v) is 5.71. The number of nitrogens with two attached hydrogens (primary N) is 1. The highest BCUT2D eigenvalue weighted by atomic mass is 32.2. The second-order valence-electron chi connectivity index (χ2n) is 3.45. The van der Waals surface area contributed by atoms with E-state index in [4.69, 9.17) is 5.73 Å². The molecule has 3 nitrogen and oxygen atoms in total. The van der Waals surface area contributed by atoms with Gasteiger partial charge in [-0.1, -0.05) is 47.4 Å². The zero-order valence-electron chi connectivity index (χ0n) is 9.34. The van der Waals surface area contributed by atoms with Gasteiger partial charge in [0.15, 0.2) is 10.2 Å². The minimum atomic E-state index is 0.130. The van der Waals surface area contributed by atoms with E-state index in [0.29, 0.717) is 10.9 Å². The van der Waals surface area contributed by atoms with Gasteiger partial charge in [-0.3, -0.25) is 4.79 Å². The Morgan fingerprint density at radius 2 is 2.41 bits per heavy atom. The van der Waals surface area contributed by atoms with Crippen molar-refractivity contribution in [3.05, 3.63) is 29.8 Å². The molecule has 0 aliphatic rings. The lowest BCUT2D eigenvalue weighted by atomic mass is 10.2. The van der Waals surface area contributed by atoms with Gasteiger partial charge in [-0.25, -0.2) is 4.98 Å². The molecule has 0 fully saturated rings. The number of carbonyl (C=O) groups excluding carboxylic acids is 1. The smallest absolute Gasteiger partial charge is 0.186 e. The Hall–Kier alpha value is -1.33. The maximum atomic E-state index is 10.8. The Bertz CT molecular complexity index is 575. The Morgan fingerprint density at radius 3 is 3.18 bits per heavy atom. The lowest BCUT2D eigenvalue weighted by molar-refractivity contribution is -0.109. The highest BCUT2D eigenvalue weighted by Crippen LogP contribution is 2.26. The second kappa shape index (κ2) is 5.33. The van der Waals surface area contributed by atoms with E-state index in [2.05, 4.69) is 4.98 Å². The molecule has 1 aromatic carbocycles. The van der Waals surface area contributed by atoms with Crippen LogP contribution in [0.15, 0.2) is 24.3 Å². The molecule has 0 aliphatic carbocycles. The fourth-order valence-electron chi connectivity index (χ4n) is 1.46. The molecule has 2 rings (SSSR count). The first-order valence-electron chi connectivity index (χ1n) is 5.12. The molecule has 0 saturated heterocycles. The third-order valence-corrected chi connectivity index (χ3v) is 3.76. The van der Waals surface area contributed by atoms with E-state index in [9.17, 15) is 4.79 Å². The fourth-order valence-corrected chi connectivity index (χ4v) is 2.66. The summed E-state index contributed by atoms with van der Waals surface area (Å²) in [7, 11) is 0. The molecule has 17 heavy (non-hydrogen) atoms. The zero-order chi connectivity index (χ0) is 12.3. The van der Waals surface area contributed by atoms with Crippen LogP contribution in [-0.4, -0.2) is 15.9 Å². The van der Waals surface area contributed by atoms with Crippen LogP contribution in [0.25, 0.3) is 16.3 Å². The van der Waals surface area contributed by atoms with Gasteiger partial charge >= 0.3 is 0 Å². The molecule has 0 spiro atoms. The Balaban J connectivity index is 2.20. The first-order chi connectivity index (χ1) is 8.16. The topological polar surface area (TPSA) is 56.0 Å². The first-order valence-corrected chi connectivity index (χ1v) is 6.92. The average molecular weight is 264 g/mol. The number of aromatic nitrogens is 1. The van der Waals surface area contributed by atoms with E-state index >= 15 is 0 Å². The van der Waals surface area contributed by atoms with Crippen molar-refractivity contribution in [2.75, 3.05) is 11.5 Å². The molecule has 0 atom stereocenters. The molecule has 2 N–H and O–H groups in total. The van der Waals surface area contributed by atoms with Crippen LogP contribution in [0.3, 0.4) is 0 Å². The quantitative estimate of drug-likeness (QED) is 0.925. The maximum absolute atomic E-state index is 10.8. The molecule has 5 heteroatoms. The molecule has 0 radical (unpaired) electrons. The summed E-state index contributed by atoms with van der Waals surface area (Å²) in [6.45, 7) is 1.57. The molecule has 1 heterocycles. The van der Waals surface area contributed by atoms with E-state index < -0.39 is 0 Å². The van der Waals surface area contributed by atoms with Gasteiger partial charge in [0, 0.05) is 18.2 Å². The third kappa shape index (κ3) is 3.08. The van der Waals surface area contributed by atoms with E-state index in [1.807, 2.05) is 30.4 Å². The number of nitrogens with zero attached hydrogens (tertiary/aromatic N) is 1. The number of carbonyl (C=O) groups is 1. The molecular formula is C12H12N2OS2. The van der Waals surface area contributed by atoms with Gasteiger partial charge in [-0.2, -0.15) is 0 Å². The number of hydrogen-bond acceptors (Lipinski definition) is 5. The summed E-state index contributed by atoms with van der Waals surface area (Å²) in [5.74, 6) is 0.686. The molecule has 1 aromatic heterocycles. The molecule has 0 saturated carbocycles. The Labute approximate surface area is 108 Å². The predicted octanol–water partition coefficient (Wildman–Crippen LogP) is 3.17. The van der Waals surface area contributed by atoms with Crippen LogP contribution < -0.4 is 5.73 Å². The monoisotopic (exact) mass is 264 g/mol. The van der Waals surface area contributed by atoms with Gasteiger partial charge < -0.3 is 5.73 Å². The van der Waals surface area contributed by atoms with Gasteiger partial charge in [0.1, 0.15) is 0 Å². The molecule has 2 aromatic rings. The summed E-state index contributed by atoms with van der Waals surface area (Å²) in [6, 6.07) is 5.99. The number of rotatable bonds is 3. The van der Waals surface area contributed by atoms with Crippen LogP contribution in [0.5, 0.6) is 0 Å². The summed E-state index contributed by atoms with van der Waals surface area (Å²) in [6.07, 6.45) is 3.95. The van der Waals surface area contributed by atoms with Crippen LogP contribution >= 0.6 is 23.1 Å². The minimum absolute atomic E-state index is 0.130. The molecule has 0 unspecified atom stereocenters. The SMILES string of the molecule is CC(=O)SCC=Cc1cccc2sc(N)nc12. The van der Waals surface area contributed by atoms with Crippen molar-refractivity contribution in [1.29, 1.82) is 0 Å². The van der Waals surface area contributed by atoms with Crippen molar-refractivity contribution in [2.24, 2.45) is 0 Å². The highest BCUT2D eigenvalue weighted by Gasteiger charge is 2.03. The largest absolute Gasteiger partial charge is 0.375 e. The third-order valence-electron chi connectivity index (χ3n) is 2.15. The first kappa shape index (κ1) is 12.1. The van der Waals surface area contributed by atoms with Crippen molar-refractivity contribution in [1.82, 2.24) is 4.98 Å². The summed E-state index contributed by atoms with van der Waals surface area (Å²) in [4.78, 5) is 15.1. The van der Waals surface area contributed by atoms with E-state index in [0.717, 1.165) is 15.8 Å². The summed E-state index contributed by atoms with van der Waals surface area (Å²) in [5.41, 5.74) is 7.66. The van der Waals surface area contributed by atoms with Crippen molar-refractivity contribution in [2.45, 2.75) is 6.92 Å². The van der Waals surface area contributed by atoms with Gasteiger partial charge in [-0.05, 0) is 6.07 Å². The van der Waals surface area contributed by atoms with Gasteiger partial charge in [-0.15, -0.1) is 0 Å². The number of anilines is 1. The number of para-hydroxylation sites is 1. The summed E-state index contributed by atoms with van der Waals surface area (Å²) < 4.78 is 1.09. The predicted molar refractivity (Wildman–Crippen MR) is 76.2 cm³/mol. The number of thioether (sulfide) groups is 1. The lowest BCUT2D eigenvalue weighted by Crippen LogP contribution is -1.83. The minimum Gasteiger partial charge on any atom is -0.375 e. The standard InChI is InChI=1S/C12H12N2OS2/c1-8(15)16-7-3-5-9-4-2-6-10-11(9)14-12(13)17-10/h2-6H,7H2,1H3,(H2,13,14). The molecular weight excluding hydrogens is 252 g/mol. The lowest BCUT2D eigenvalue weighted by Gasteiger charge is -1.94. The maximum Gasteiger partial charge on any atom is 0.186 e. The van der Waals surface area contributed by atoms with Gasteiger partial charge in [0.25, 0.3) is 0 Å².